The zero-order valence-corrected chi connectivity index (χ0v) is 10.5. The van der Waals surface area contributed by atoms with Crippen LogP contribution in [0.5, 0.6) is 0 Å². The SMILES string of the molecule is CC1(O)CCN(S(=O)(=O)c2cc(F)ccc2F)C1. The van der Waals surface area contributed by atoms with Crippen molar-refractivity contribution in [1.29, 1.82) is 0 Å². The molecule has 0 aromatic heterocycles. The minimum Gasteiger partial charge on any atom is -0.389 e. The van der Waals surface area contributed by atoms with Gasteiger partial charge in [0.15, 0.2) is 0 Å². The Labute approximate surface area is 104 Å². The van der Waals surface area contributed by atoms with Gasteiger partial charge in [-0.1, -0.05) is 0 Å². The van der Waals surface area contributed by atoms with Crippen molar-refractivity contribution in [3.8, 4) is 0 Å². The number of aliphatic hydroxyl groups is 1. The van der Waals surface area contributed by atoms with Gasteiger partial charge >= 0.3 is 0 Å². The van der Waals surface area contributed by atoms with Gasteiger partial charge in [-0.3, -0.25) is 0 Å². The third-order valence-corrected chi connectivity index (χ3v) is 4.79. The van der Waals surface area contributed by atoms with E-state index in [1.54, 1.807) is 0 Å². The number of benzene rings is 1. The lowest BCUT2D eigenvalue weighted by atomic mass is 10.1. The number of halogens is 2. The fourth-order valence-electron chi connectivity index (χ4n) is 1.92. The van der Waals surface area contributed by atoms with Gasteiger partial charge in [0.2, 0.25) is 10.0 Å². The smallest absolute Gasteiger partial charge is 0.246 e. The van der Waals surface area contributed by atoms with Crippen molar-refractivity contribution in [3.05, 3.63) is 29.8 Å². The number of hydrogen-bond donors (Lipinski definition) is 1. The summed E-state index contributed by atoms with van der Waals surface area (Å²) in [6, 6.07) is 2.28. The van der Waals surface area contributed by atoms with Crippen LogP contribution in [0.25, 0.3) is 0 Å². The van der Waals surface area contributed by atoms with Gasteiger partial charge in [0.1, 0.15) is 16.5 Å². The number of β-amino-alcohol motifs (C(OH)–C–C–N with tert-alkyl or cyclic N) is 1. The Bertz CT molecular complexity index is 572. The lowest BCUT2D eigenvalue weighted by molar-refractivity contribution is 0.0762. The van der Waals surface area contributed by atoms with Crippen LogP contribution < -0.4 is 0 Å². The summed E-state index contributed by atoms with van der Waals surface area (Å²) in [5, 5.41) is 9.73. The highest BCUT2D eigenvalue weighted by molar-refractivity contribution is 7.89. The third-order valence-electron chi connectivity index (χ3n) is 2.93. The molecule has 18 heavy (non-hydrogen) atoms. The average molecular weight is 277 g/mol. The van der Waals surface area contributed by atoms with E-state index in [0.717, 1.165) is 16.4 Å². The summed E-state index contributed by atoms with van der Waals surface area (Å²) in [5.41, 5.74) is -1.13. The van der Waals surface area contributed by atoms with E-state index in [1.165, 1.54) is 6.92 Å². The van der Waals surface area contributed by atoms with E-state index in [1.807, 2.05) is 0 Å². The largest absolute Gasteiger partial charge is 0.389 e. The molecule has 4 nitrogen and oxygen atoms in total. The molecule has 0 amide bonds. The van der Waals surface area contributed by atoms with Crippen LogP contribution in [0.3, 0.4) is 0 Å². The van der Waals surface area contributed by atoms with E-state index in [0.29, 0.717) is 6.07 Å². The highest BCUT2D eigenvalue weighted by atomic mass is 32.2. The van der Waals surface area contributed by atoms with E-state index < -0.39 is 32.2 Å². The third kappa shape index (κ3) is 2.38. The molecule has 1 aromatic carbocycles. The van der Waals surface area contributed by atoms with Gasteiger partial charge in [0, 0.05) is 13.1 Å². The van der Waals surface area contributed by atoms with Gasteiger partial charge in [0.05, 0.1) is 5.60 Å². The first kappa shape index (κ1) is 13.4. The molecule has 7 heteroatoms. The molecular weight excluding hydrogens is 264 g/mol. The quantitative estimate of drug-likeness (QED) is 0.881. The van der Waals surface area contributed by atoms with Crippen molar-refractivity contribution >= 4 is 10.0 Å². The Balaban J connectivity index is 2.40. The molecule has 1 aliphatic rings. The van der Waals surface area contributed by atoms with E-state index in [9.17, 15) is 22.3 Å². The van der Waals surface area contributed by atoms with Crippen molar-refractivity contribution in [2.24, 2.45) is 0 Å². The number of hydrogen-bond acceptors (Lipinski definition) is 3. The Morgan fingerprint density at radius 2 is 2.06 bits per heavy atom. The second kappa shape index (κ2) is 4.25. The van der Waals surface area contributed by atoms with Crippen molar-refractivity contribution in [3.63, 3.8) is 0 Å². The standard InChI is InChI=1S/C11H13F2NO3S/c1-11(15)4-5-14(7-11)18(16,17)10-6-8(12)2-3-9(10)13/h2-3,6,15H,4-5,7H2,1H3. The van der Waals surface area contributed by atoms with Crippen LogP contribution in [-0.4, -0.2) is 36.5 Å². The fraction of sp³-hybridized carbons (Fsp3) is 0.455. The molecule has 1 atom stereocenters. The first-order valence-corrected chi connectivity index (χ1v) is 6.84. The molecule has 1 N–H and O–H groups in total. The second-order valence-electron chi connectivity index (χ2n) is 4.66. The molecule has 0 radical (unpaired) electrons. The highest BCUT2D eigenvalue weighted by Crippen LogP contribution is 2.28. The Hall–Kier alpha value is -1.05. The fourth-order valence-corrected chi connectivity index (χ4v) is 3.56. The highest BCUT2D eigenvalue weighted by Gasteiger charge is 2.39. The van der Waals surface area contributed by atoms with Crippen molar-refractivity contribution in [2.75, 3.05) is 13.1 Å². The molecule has 1 aromatic rings. The Morgan fingerprint density at radius 1 is 1.39 bits per heavy atom. The number of nitrogens with zero attached hydrogens (tertiary/aromatic N) is 1. The number of rotatable bonds is 2. The molecule has 1 fully saturated rings. The molecule has 100 valence electrons. The molecule has 1 saturated heterocycles. The molecule has 0 saturated carbocycles. The van der Waals surface area contributed by atoms with Crippen LogP contribution in [-0.2, 0) is 10.0 Å². The van der Waals surface area contributed by atoms with Gasteiger partial charge in [-0.15, -0.1) is 0 Å². The van der Waals surface area contributed by atoms with Gasteiger partial charge < -0.3 is 5.11 Å². The lowest BCUT2D eigenvalue weighted by Gasteiger charge is -2.19. The lowest BCUT2D eigenvalue weighted by Crippen LogP contribution is -2.34. The van der Waals surface area contributed by atoms with E-state index in [4.69, 9.17) is 0 Å². The minimum absolute atomic E-state index is 0.0886. The molecule has 1 unspecified atom stereocenters. The molecule has 0 spiro atoms. The van der Waals surface area contributed by atoms with Gasteiger partial charge in [-0.05, 0) is 31.5 Å². The monoisotopic (exact) mass is 277 g/mol. The summed E-state index contributed by atoms with van der Waals surface area (Å²) in [7, 11) is -4.10. The summed E-state index contributed by atoms with van der Waals surface area (Å²) >= 11 is 0. The minimum atomic E-state index is -4.10. The zero-order chi connectivity index (χ0) is 13.6. The van der Waals surface area contributed by atoms with Crippen LogP contribution in [0, 0.1) is 11.6 Å². The van der Waals surface area contributed by atoms with Crippen LogP contribution >= 0.6 is 0 Å². The summed E-state index contributed by atoms with van der Waals surface area (Å²) in [4.78, 5) is -0.694. The first-order valence-electron chi connectivity index (χ1n) is 5.40. The van der Waals surface area contributed by atoms with E-state index in [2.05, 4.69) is 0 Å². The van der Waals surface area contributed by atoms with E-state index >= 15 is 0 Å². The summed E-state index contributed by atoms with van der Waals surface area (Å²) < 4.78 is 51.7. The van der Waals surface area contributed by atoms with Crippen LogP contribution in [0.2, 0.25) is 0 Å². The van der Waals surface area contributed by atoms with Crippen molar-refractivity contribution in [1.82, 2.24) is 4.31 Å². The van der Waals surface area contributed by atoms with Gasteiger partial charge in [-0.2, -0.15) is 4.31 Å². The normalized spacial score (nSPS) is 25.6. The summed E-state index contributed by atoms with van der Waals surface area (Å²) in [6.07, 6.45) is 0.267. The van der Waals surface area contributed by atoms with Gasteiger partial charge in [0.25, 0.3) is 0 Å². The first-order chi connectivity index (χ1) is 8.22. The Morgan fingerprint density at radius 3 is 2.61 bits per heavy atom. The van der Waals surface area contributed by atoms with Crippen LogP contribution in [0.1, 0.15) is 13.3 Å². The Kier molecular flexibility index (Phi) is 3.16. The maximum absolute atomic E-state index is 13.5. The predicted molar refractivity (Wildman–Crippen MR) is 60.4 cm³/mol. The second-order valence-corrected chi connectivity index (χ2v) is 6.57. The van der Waals surface area contributed by atoms with Gasteiger partial charge in [-0.25, -0.2) is 17.2 Å². The summed E-state index contributed by atoms with van der Waals surface area (Å²) in [6.45, 7) is 1.47. The number of sulfonamides is 1. The molecule has 0 bridgehead atoms. The molecular formula is C11H13F2NO3S. The van der Waals surface area contributed by atoms with E-state index in [-0.39, 0.29) is 19.5 Å². The maximum atomic E-state index is 13.5. The van der Waals surface area contributed by atoms with Crippen molar-refractivity contribution < 1.29 is 22.3 Å². The van der Waals surface area contributed by atoms with Crippen LogP contribution in [0.15, 0.2) is 23.1 Å². The summed E-state index contributed by atoms with van der Waals surface area (Å²) in [5.74, 6) is -1.82. The van der Waals surface area contributed by atoms with Crippen LogP contribution in [0.4, 0.5) is 8.78 Å². The predicted octanol–water partition coefficient (Wildman–Crippen LogP) is 1.11. The topological polar surface area (TPSA) is 57.6 Å². The molecule has 2 rings (SSSR count). The zero-order valence-electron chi connectivity index (χ0n) is 9.73. The molecule has 0 aliphatic carbocycles. The molecule has 1 heterocycles. The molecule has 1 aliphatic heterocycles. The van der Waals surface area contributed by atoms with Crippen molar-refractivity contribution in [2.45, 2.75) is 23.8 Å². The maximum Gasteiger partial charge on any atom is 0.246 e. The average Bonchev–Trinajstić information content (AvgIpc) is 2.63.